The van der Waals surface area contributed by atoms with E-state index in [1.54, 1.807) is 0 Å². The fraction of sp³-hybridized carbons (Fsp3) is 0.200. The normalized spacial score (nSPS) is 10.5. The first kappa shape index (κ1) is 13.6. The van der Waals surface area contributed by atoms with Crippen LogP contribution in [0.1, 0.15) is 0 Å². The first-order valence-electron chi connectivity index (χ1n) is 5.18. The number of hydrogen-bond acceptors (Lipinski definition) is 6. The lowest BCUT2D eigenvalue weighted by molar-refractivity contribution is -0.133. The molecule has 9 heteroatoms. The molecule has 19 heavy (non-hydrogen) atoms. The molecule has 7 nitrogen and oxygen atoms in total. The SMILES string of the molecule is NC(=O)Cn1c(SCC(=O)O)nnc1-c1cccs1. The topological polar surface area (TPSA) is 111 Å². The Bertz CT molecular complexity index is 594. The van der Waals surface area contributed by atoms with Gasteiger partial charge in [0.2, 0.25) is 5.91 Å². The highest BCUT2D eigenvalue weighted by atomic mass is 32.2. The quantitative estimate of drug-likeness (QED) is 0.758. The standard InChI is InChI=1S/C10H10N4O3S2/c11-7(15)4-14-9(6-2-1-3-18-6)12-13-10(14)19-5-8(16)17/h1-3H,4-5H2,(H2,11,15)(H,16,17). The highest BCUT2D eigenvalue weighted by Gasteiger charge is 2.17. The molecule has 100 valence electrons. The summed E-state index contributed by atoms with van der Waals surface area (Å²) in [6.45, 7) is -0.0812. The lowest BCUT2D eigenvalue weighted by Gasteiger charge is -2.05. The maximum Gasteiger partial charge on any atom is 0.313 e. The number of thiophene rings is 1. The van der Waals surface area contributed by atoms with Gasteiger partial charge in [-0.05, 0) is 11.4 Å². The molecule has 0 bridgehead atoms. The van der Waals surface area contributed by atoms with Crippen molar-refractivity contribution in [1.82, 2.24) is 14.8 Å². The molecule has 0 atom stereocenters. The summed E-state index contributed by atoms with van der Waals surface area (Å²) in [6.07, 6.45) is 0. The van der Waals surface area contributed by atoms with E-state index >= 15 is 0 Å². The highest BCUT2D eigenvalue weighted by molar-refractivity contribution is 7.99. The van der Waals surface area contributed by atoms with Crippen LogP contribution in [0.15, 0.2) is 22.7 Å². The maximum atomic E-state index is 11.1. The molecule has 2 aromatic heterocycles. The van der Waals surface area contributed by atoms with Crippen LogP contribution in [0.4, 0.5) is 0 Å². The van der Waals surface area contributed by atoms with E-state index in [1.807, 2.05) is 17.5 Å². The van der Waals surface area contributed by atoms with E-state index in [1.165, 1.54) is 15.9 Å². The number of carbonyl (C=O) groups excluding carboxylic acids is 1. The molecule has 0 saturated carbocycles. The summed E-state index contributed by atoms with van der Waals surface area (Å²) in [4.78, 5) is 22.5. The van der Waals surface area contributed by atoms with E-state index in [-0.39, 0.29) is 12.3 Å². The molecule has 0 unspecified atom stereocenters. The number of rotatable bonds is 6. The Balaban J connectivity index is 2.33. The third-order valence-electron chi connectivity index (χ3n) is 2.10. The number of hydrogen-bond donors (Lipinski definition) is 2. The number of carbonyl (C=O) groups is 2. The van der Waals surface area contributed by atoms with E-state index in [4.69, 9.17) is 10.8 Å². The molecule has 0 aromatic carbocycles. The number of carboxylic acid groups (broad SMARTS) is 1. The highest BCUT2D eigenvalue weighted by Crippen LogP contribution is 2.26. The lowest BCUT2D eigenvalue weighted by atomic mass is 10.4. The summed E-state index contributed by atoms with van der Waals surface area (Å²) in [5.74, 6) is -1.13. The number of thioether (sulfide) groups is 1. The molecule has 0 spiro atoms. The van der Waals surface area contributed by atoms with E-state index in [2.05, 4.69) is 10.2 Å². The Morgan fingerprint density at radius 3 is 2.84 bits per heavy atom. The van der Waals surface area contributed by atoms with Crippen molar-refractivity contribution in [3.63, 3.8) is 0 Å². The van der Waals surface area contributed by atoms with Crippen LogP contribution < -0.4 is 5.73 Å². The Kier molecular flexibility index (Phi) is 4.17. The van der Waals surface area contributed by atoms with Crippen molar-refractivity contribution < 1.29 is 14.7 Å². The molecule has 2 rings (SSSR count). The van der Waals surface area contributed by atoms with Crippen molar-refractivity contribution in [2.75, 3.05) is 5.75 Å². The van der Waals surface area contributed by atoms with Gasteiger partial charge < -0.3 is 10.8 Å². The molecule has 2 heterocycles. The summed E-state index contributed by atoms with van der Waals surface area (Å²) in [5.41, 5.74) is 5.19. The van der Waals surface area contributed by atoms with Crippen molar-refractivity contribution in [3.05, 3.63) is 17.5 Å². The van der Waals surface area contributed by atoms with Gasteiger partial charge >= 0.3 is 5.97 Å². The van der Waals surface area contributed by atoms with Crippen LogP contribution in [-0.4, -0.2) is 37.5 Å². The average molecular weight is 298 g/mol. The number of aliphatic carboxylic acids is 1. The van der Waals surface area contributed by atoms with Crippen LogP contribution in [0, 0.1) is 0 Å². The van der Waals surface area contributed by atoms with E-state index in [0.717, 1.165) is 16.6 Å². The van der Waals surface area contributed by atoms with Gasteiger partial charge in [0, 0.05) is 0 Å². The molecule has 0 saturated heterocycles. The number of carboxylic acids is 1. The molecule has 0 fully saturated rings. The molecule has 3 N–H and O–H groups in total. The zero-order valence-corrected chi connectivity index (χ0v) is 11.3. The first-order chi connectivity index (χ1) is 9.08. The zero-order chi connectivity index (χ0) is 13.8. The predicted octanol–water partition coefficient (Wildman–Crippen LogP) is 0.669. The summed E-state index contributed by atoms with van der Waals surface area (Å²) < 4.78 is 1.53. The van der Waals surface area contributed by atoms with Crippen molar-refractivity contribution in [3.8, 4) is 10.7 Å². The predicted molar refractivity (Wildman–Crippen MR) is 70.9 cm³/mol. The van der Waals surface area contributed by atoms with Crippen LogP contribution in [0.3, 0.4) is 0 Å². The van der Waals surface area contributed by atoms with Crippen LogP contribution in [-0.2, 0) is 16.1 Å². The Morgan fingerprint density at radius 1 is 1.47 bits per heavy atom. The third-order valence-corrected chi connectivity index (χ3v) is 3.91. The van der Waals surface area contributed by atoms with Crippen molar-refractivity contribution in [2.45, 2.75) is 11.7 Å². The number of nitrogens with zero attached hydrogens (tertiary/aromatic N) is 3. The van der Waals surface area contributed by atoms with Crippen LogP contribution in [0.25, 0.3) is 10.7 Å². The fourth-order valence-electron chi connectivity index (χ4n) is 1.41. The van der Waals surface area contributed by atoms with Gasteiger partial charge in [-0.3, -0.25) is 14.2 Å². The Labute approximate surface area is 116 Å². The smallest absolute Gasteiger partial charge is 0.313 e. The van der Waals surface area contributed by atoms with Crippen LogP contribution >= 0.6 is 23.1 Å². The number of amides is 1. The van der Waals surface area contributed by atoms with Gasteiger partial charge in [0.05, 0.1) is 10.6 Å². The molecular formula is C10H10N4O3S2. The lowest BCUT2D eigenvalue weighted by Crippen LogP contribution is -2.20. The molecular weight excluding hydrogens is 288 g/mol. The number of primary amides is 1. The molecule has 0 aliphatic heterocycles. The Morgan fingerprint density at radius 2 is 2.26 bits per heavy atom. The summed E-state index contributed by atoms with van der Waals surface area (Å²) in [6, 6.07) is 3.70. The average Bonchev–Trinajstić information content (AvgIpc) is 2.94. The van der Waals surface area contributed by atoms with Crippen LogP contribution in [0.5, 0.6) is 0 Å². The third kappa shape index (κ3) is 3.32. The van der Waals surface area contributed by atoms with Crippen molar-refractivity contribution in [1.29, 1.82) is 0 Å². The molecule has 1 amide bonds. The largest absolute Gasteiger partial charge is 0.481 e. The van der Waals surface area contributed by atoms with Gasteiger partial charge in [-0.15, -0.1) is 21.5 Å². The van der Waals surface area contributed by atoms with Crippen molar-refractivity contribution >= 4 is 35.0 Å². The van der Waals surface area contributed by atoms with Crippen LogP contribution in [0.2, 0.25) is 0 Å². The second kappa shape index (κ2) is 5.85. The minimum atomic E-state index is -0.962. The van der Waals surface area contributed by atoms with Gasteiger partial charge in [0.15, 0.2) is 11.0 Å². The summed E-state index contributed by atoms with van der Waals surface area (Å²) >= 11 is 2.46. The summed E-state index contributed by atoms with van der Waals surface area (Å²) in [5, 5.41) is 18.8. The molecule has 0 aliphatic rings. The van der Waals surface area contributed by atoms with Gasteiger partial charge in [-0.2, -0.15) is 0 Å². The van der Waals surface area contributed by atoms with E-state index < -0.39 is 11.9 Å². The zero-order valence-electron chi connectivity index (χ0n) is 9.65. The van der Waals surface area contributed by atoms with Gasteiger partial charge in [-0.25, -0.2) is 0 Å². The maximum absolute atomic E-state index is 11.1. The second-order valence-electron chi connectivity index (χ2n) is 3.52. The molecule has 0 aliphatic carbocycles. The first-order valence-corrected chi connectivity index (χ1v) is 7.04. The fourth-order valence-corrected chi connectivity index (χ4v) is 2.78. The van der Waals surface area contributed by atoms with Gasteiger partial charge in [0.25, 0.3) is 0 Å². The second-order valence-corrected chi connectivity index (χ2v) is 5.41. The number of aromatic nitrogens is 3. The number of nitrogens with two attached hydrogens (primary N) is 1. The summed E-state index contributed by atoms with van der Waals surface area (Å²) in [7, 11) is 0. The minimum absolute atomic E-state index is 0.0812. The van der Waals surface area contributed by atoms with Gasteiger partial charge in [0.1, 0.15) is 6.54 Å². The van der Waals surface area contributed by atoms with Gasteiger partial charge in [-0.1, -0.05) is 17.8 Å². The van der Waals surface area contributed by atoms with Crippen molar-refractivity contribution in [2.24, 2.45) is 5.73 Å². The molecule has 2 aromatic rings. The van der Waals surface area contributed by atoms with E-state index in [9.17, 15) is 9.59 Å². The van der Waals surface area contributed by atoms with E-state index in [0.29, 0.717) is 11.0 Å². The molecule has 0 radical (unpaired) electrons. The minimum Gasteiger partial charge on any atom is -0.481 e. The monoisotopic (exact) mass is 298 g/mol. The Hall–Kier alpha value is -1.87.